The van der Waals surface area contributed by atoms with Crippen molar-refractivity contribution in [2.24, 2.45) is 0 Å². The van der Waals surface area contributed by atoms with E-state index in [0.29, 0.717) is 0 Å². The third-order valence-corrected chi connectivity index (χ3v) is 4.34. The van der Waals surface area contributed by atoms with Crippen LogP contribution in [0.4, 0.5) is 0 Å². The van der Waals surface area contributed by atoms with Crippen molar-refractivity contribution in [3.05, 3.63) is 0 Å². The van der Waals surface area contributed by atoms with Gasteiger partial charge in [-0.05, 0) is 51.6 Å². The van der Waals surface area contributed by atoms with Crippen LogP contribution < -0.4 is 5.32 Å². The summed E-state index contributed by atoms with van der Waals surface area (Å²) in [4.78, 5) is 2.81. The first-order chi connectivity index (χ1) is 7.85. The number of rotatable bonds is 6. The van der Waals surface area contributed by atoms with Gasteiger partial charge >= 0.3 is 0 Å². The second-order valence-corrected chi connectivity index (χ2v) is 5.60. The van der Waals surface area contributed by atoms with E-state index in [4.69, 9.17) is 0 Å². The van der Waals surface area contributed by atoms with Crippen LogP contribution in [-0.2, 0) is 0 Å². The molecule has 0 aliphatic carbocycles. The Morgan fingerprint density at radius 2 is 1.75 bits per heavy atom. The average Bonchev–Trinajstić information content (AvgIpc) is 2.54. The minimum Gasteiger partial charge on any atom is -0.314 e. The van der Waals surface area contributed by atoms with E-state index in [1.54, 1.807) is 0 Å². The molecule has 0 radical (unpaired) electrons. The van der Waals surface area contributed by atoms with E-state index in [9.17, 15) is 0 Å². The number of nitrogens with zero attached hydrogens (tertiary/aromatic N) is 1. The first kappa shape index (κ1) is 12.4. The average molecular weight is 224 g/mol. The molecule has 2 bridgehead atoms. The van der Waals surface area contributed by atoms with E-state index >= 15 is 0 Å². The molecule has 2 atom stereocenters. The van der Waals surface area contributed by atoms with E-state index in [0.717, 1.165) is 18.1 Å². The molecule has 2 heterocycles. The summed E-state index contributed by atoms with van der Waals surface area (Å²) in [6, 6.07) is 2.62. The van der Waals surface area contributed by atoms with Crippen molar-refractivity contribution in [1.82, 2.24) is 10.2 Å². The van der Waals surface area contributed by atoms with Crippen molar-refractivity contribution in [2.45, 2.75) is 76.9 Å². The van der Waals surface area contributed by atoms with Crippen LogP contribution in [0.1, 0.15) is 58.8 Å². The molecular formula is C14H28N2. The van der Waals surface area contributed by atoms with Gasteiger partial charge in [-0.2, -0.15) is 0 Å². The Bertz CT molecular complexity index is 191. The molecule has 1 N–H and O–H groups in total. The van der Waals surface area contributed by atoms with Crippen LogP contribution in [-0.4, -0.2) is 36.1 Å². The predicted molar refractivity (Wildman–Crippen MR) is 69.7 cm³/mol. The molecule has 2 aliphatic rings. The summed E-state index contributed by atoms with van der Waals surface area (Å²) in [6.45, 7) is 7.13. The molecule has 0 amide bonds. The number of hydrogen-bond acceptors (Lipinski definition) is 2. The maximum atomic E-state index is 3.72. The van der Waals surface area contributed by atoms with Crippen LogP contribution in [0, 0.1) is 0 Å². The second kappa shape index (κ2) is 6.02. The van der Waals surface area contributed by atoms with E-state index < -0.39 is 0 Å². The predicted octanol–water partition coefficient (Wildman–Crippen LogP) is 2.78. The monoisotopic (exact) mass is 224 g/mol. The van der Waals surface area contributed by atoms with Crippen molar-refractivity contribution < 1.29 is 0 Å². The Hall–Kier alpha value is -0.0800. The zero-order chi connectivity index (χ0) is 11.4. The van der Waals surface area contributed by atoms with Crippen molar-refractivity contribution >= 4 is 0 Å². The van der Waals surface area contributed by atoms with Crippen LogP contribution in [0.3, 0.4) is 0 Å². The van der Waals surface area contributed by atoms with Gasteiger partial charge in [0.1, 0.15) is 0 Å². The topological polar surface area (TPSA) is 15.3 Å². The third-order valence-electron chi connectivity index (χ3n) is 4.34. The van der Waals surface area contributed by atoms with Gasteiger partial charge in [0.2, 0.25) is 0 Å². The van der Waals surface area contributed by atoms with Gasteiger partial charge in [0.25, 0.3) is 0 Å². The first-order valence-corrected chi connectivity index (χ1v) is 7.34. The number of unbranched alkanes of at least 4 members (excludes halogenated alkanes) is 1. The maximum Gasteiger partial charge on any atom is 0.0114 e. The highest BCUT2D eigenvalue weighted by atomic mass is 15.2. The molecule has 0 aromatic carbocycles. The molecule has 0 saturated carbocycles. The van der Waals surface area contributed by atoms with Crippen molar-refractivity contribution in [3.63, 3.8) is 0 Å². The number of piperidine rings is 1. The van der Waals surface area contributed by atoms with Gasteiger partial charge in [-0.15, -0.1) is 0 Å². The van der Waals surface area contributed by atoms with Gasteiger partial charge < -0.3 is 5.32 Å². The number of fused-ring (bicyclic) bond motifs is 2. The Morgan fingerprint density at radius 3 is 2.31 bits per heavy atom. The third kappa shape index (κ3) is 2.78. The highest BCUT2D eigenvalue weighted by molar-refractivity contribution is 4.97. The fourth-order valence-electron chi connectivity index (χ4n) is 3.50. The largest absolute Gasteiger partial charge is 0.314 e. The summed E-state index contributed by atoms with van der Waals surface area (Å²) in [6.07, 6.45) is 9.72. The molecular weight excluding hydrogens is 196 g/mol. The van der Waals surface area contributed by atoms with E-state index in [1.165, 1.54) is 58.0 Å². The van der Waals surface area contributed by atoms with Crippen LogP contribution in [0.15, 0.2) is 0 Å². The maximum absolute atomic E-state index is 3.72. The summed E-state index contributed by atoms with van der Waals surface area (Å²) < 4.78 is 0. The van der Waals surface area contributed by atoms with Crippen LogP contribution in [0.2, 0.25) is 0 Å². The molecule has 16 heavy (non-hydrogen) atoms. The minimum absolute atomic E-state index is 0.815. The van der Waals surface area contributed by atoms with Gasteiger partial charge in [0.15, 0.2) is 0 Å². The Balaban J connectivity index is 1.81. The first-order valence-electron chi connectivity index (χ1n) is 7.34. The van der Waals surface area contributed by atoms with Crippen LogP contribution >= 0.6 is 0 Å². The smallest absolute Gasteiger partial charge is 0.0114 e. The van der Waals surface area contributed by atoms with Gasteiger partial charge in [-0.25, -0.2) is 0 Å². The summed E-state index contributed by atoms with van der Waals surface area (Å²) in [5.41, 5.74) is 0. The van der Waals surface area contributed by atoms with Crippen molar-refractivity contribution in [2.75, 3.05) is 13.1 Å². The molecule has 0 aromatic heterocycles. The Kier molecular flexibility index (Phi) is 4.66. The lowest BCUT2D eigenvalue weighted by Crippen LogP contribution is -2.49. The highest BCUT2D eigenvalue weighted by Gasteiger charge is 2.39. The molecule has 0 spiro atoms. The fraction of sp³-hybridized carbons (Fsp3) is 1.00. The highest BCUT2D eigenvalue weighted by Crippen LogP contribution is 2.35. The lowest BCUT2D eigenvalue weighted by Gasteiger charge is -2.39. The zero-order valence-corrected chi connectivity index (χ0v) is 11.0. The SMILES string of the molecule is CCCCN1C2CCC1CC(NCCC)C2. The van der Waals surface area contributed by atoms with Crippen molar-refractivity contribution in [3.8, 4) is 0 Å². The Morgan fingerprint density at radius 1 is 1.06 bits per heavy atom. The normalized spacial score (nSPS) is 34.5. The molecule has 2 nitrogen and oxygen atoms in total. The molecule has 2 heteroatoms. The molecule has 94 valence electrons. The lowest BCUT2D eigenvalue weighted by molar-refractivity contribution is 0.115. The number of nitrogens with one attached hydrogen (secondary N) is 1. The molecule has 2 unspecified atom stereocenters. The molecule has 2 saturated heterocycles. The van der Waals surface area contributed by atoms with Crippen LogP contribution in [0.25, 0.3) is 0 Å². The molecule has 2 fully saturated rings. The molecule has 0 aromatic rings. The van der Waals surface area contributed by atoms with Gasteiger partial charge in [0, 0.05) is 18.1 Å². The van der Waals surface area contributed by atoms with E-state index in [1.807, 2.05) is 0 Å². The molecule has 2 aliphatic heterocycles. The van der Waals surface area contributed by atoms with E-state index in [-0.39, 0.29) is 0 Å². The summed E-state index contributed by atoms with van der Waals surface area (Å²) in [5.74, 6) is 0. The minimum atomic E-state index is 0.815. The standard InChI is InChI=1S/C14H28N2/c1-3-5-9-16-13-6-7-14(16)11-12(10-13)15-8-4-2/h12-15H,3-11H2,1-2H3. The summed E-state index contributed by atoms with van der Waals surface area (Å²) in [7, 11) is 0. The summed E-state index contributed by atoms with van der Waals surface area (Å²) >= 11 is 0. The van der Waals surface area contributed by atoms with Gasteiger partial charge in [-0.3, -0.25) is 4.90 Å². The zero-order valence-electron chi connectivity index (χ0n) is 11.0. The lowest BCUT2D eigenvalue weighted by atomic mass is 9.97. The van der Waals surface area contributed by atoms with E-state index in [2.05, 4.69) is 24.1 Å². The van der Waals surface area contributed by atoms with Gasteiger partial charge in [-0.1, -0.05) is 20.3 Å². The second-order valence-electron chi connectivity index (χ2n) is 5.60. The van der Waals surface area contributed by atoms with Gasteiger partial charge in [0.05, 0.1) is 0 Å². The number of hydrogen-bond donors (Lipinski definition) is 1. The molecule has 2 rings (SSSR count). The Labute approximate surface area is 101 Å². The van der Waals surface area contributed by atoms with Crippen molar-refractivity contribution in [1.29, 1.82) is 0 Å². The fourth-order valence-corrected chi connectivity index (χ4v) is 3.50. The summed E-state index contributed by atoms with van der Waals surface area (Å²) in [5, 5.41) is 3.72. The van der Waals surface area contributed by atoms with Crippen LogP contribution in [0.5, 0.6) is 0 Å². The quantitative estimate of drug-likeness (QED) is 0.746.